The first-order valence-electron chi connectivity index (χ1n) is 10.4. The molecule has 8 nitrogen and oxygen atoms in total. The number of aliphatic hydroxyl groups excluding tert-OH is 5. The molecule has 1 saturated heterocycles. The summed E-state index contributed by atoms with van der Waals surface area (Å²) in [6, 6.07) is 3.19. The lowest BCUT2D eigenvalue weighted by Crippen LogP contribution is -2.60. The molecule has 1 aliphatic heterocycles. The molecule has 2 rings (SSSR count). The number of hydrogen-bond donors (Lipinski definition) is 6. The minimum Gasteiger partial charge on any atom is -0.508 e. The van der Waals surface area contributed by atoms with Crippen molar-refractivity contribution in [2.24, 2.45) is 0 Å². The second-order valence-corrected chi connectivity index (χ2v) is 8.06. The van der Waals surface area contributed by atoms with Crippen LogP contribution in [-0.4, -0.2) is 74.6 Å². The van der Waals surface area contributed by atoms with Crippen molar-refractivity contribution in [1.29, 1.82) is 0 Å². The fourth-order valence-electron chi connectivity index (χ4n) is 3.27. The summed E-state index contributed by atoms with van der Waals surface area (Å²) in [6.45, 7) is 5.07. The average molecular weight is 439 g/mol. The van der Waals surface area contributed by atoms with Crippen molar-refractivity contribution < 1.29 is 40.1 Å². The predicted molar refractivity (Wildman–Crippen MR) is 115 cm³/mol. The van der Waals surface area contributed by atoms with Gasteiger partial charge in [-0.1, -0.05) is 23.3 Å². The van der Waals surface area contributed by atoms with Crippen molar-refractivity contribution in [3.63, 3.8) is 0 Å². The van der Waals surface area contributed by atoms with Gasteiger partial charge in [-0.25, -0.2) is 0 Å². The molecule has 0 amide bonds. The van der Waals surface area contributed by atoms with Gasteiger partial charge in [0.15, 0.2) is 0 Å². The second kappa shape index (κ2) is 11.6. The lowest BCUT2D eigenvalue weighted by Gasteiger charge is -2.39. The standard InChI is InChI=1S/C23H34O8/c1-13(5-4-6-14(2)11-24)7-8-16-10-17(26)15(3)9-18(16)30-23-22(29)21(28)20(27)19(12-25)31-23/h6-7,9-10,19-29H,4-5,8,11-12H2,1-3H3. The van der Waals surface area contributed by atoms with Crippen LogP contribution < -0.4 is 4.74 Å². The van der Waals surface area contributed by atoms with E-state index in [1.807, 2.05) is 26.0 Å². The monoisotopic (exact) mass is 438 g/mol. The van der Waals surface area contributed by atoms with E-state index < -0.39 is 37.3 Å². The predicted octanol–water partition coefficient (Wildman–Crippen LogP) is 1.09. The van der Waals surface area contributed by atoms with E-state index in [1.54, 1.807) is 19.1 Å². The largest absolute Gasteiger partial charge is 0.508 e. The van der Waals surface area contributed by atoms with Gasteiger partial charge in [0, 0.05) is 5.56 Å². The van der Waals surface area contributed by atoms with Gasteiger partial charge in [0.1, 0.15) is 35.9 Å². The zero-order valence-electron chi connectivity index (χ0n) is 18.2. The van der Waals surface area contributed by atoms with E-state index in [-0.39, 0.29) is 12.4 Å². The lowest BCUT2D eigenvalue weighted by atomic mass is 9.99. The number of phenolic OH excluding ortho intramolecular Hbond substituents is 1. The fourth-order valence-corrected chi connectivity index (χ4v) is 3.27. The van der Waals surface area contributed by atoms with Crippen molar-refractivity contribution in [2.45, 2.75) is 70.7 Å². The van der Waals surface area contributed by atoms with Crippen molar-refractivity contribution in [3.05, 3.63) is 46.6 Å². The summed E-state index contributed by atoms with van der Waals surface area (Å²) >= 11 is 0. The number of aliphatic hydroxyl groups is 5. The van der Waals surface area contributed by atoms with Gasteiger partial charge in [-0.3, -0.25) is 0 Å². The molecule has 0 spiro atoms. The SMILES string of the molecule is CC(=CCCC(C)=CCc1cc(O)c(C)cc1OC1OC(CO)C(O)C(O)C1O)CO. The molecule has 31 heavy (non-hydrogen) atoms. The lowest BCUT2D eigenvalue weighted by molar-refractivity contribution is -0.277. The Morgan fingerprint density at radius 3 is 2.39 bits per heavy atom. The van der Waals surface area contributed by atoms with E-state index in [1.165, 1.54) is 0 Å². The Balaban J connectivity index is 2.17. The third kappa shape index (κ3) is 6.77. The van der Waals surface area contributed by atoms with Crippen LogP contribution in [0.15, 0.2) is 35.4 Å². The molecule has 0 bridgehead atoms. The van der Waals surface area contributed by atoms with E-state index in [0.29, 0.717) is 23.3 Å². The Morgan fingerprint density at radius 2 is 1.74 bits per heavy atom. The number of phenols is 1. The summed E-state index contributed by atoms with van der Waals surface area (Å²) < 4.78 is 11.2. The summed E-state index contributed by atoms with van der Waals surface area (Å²) in [5, 5.41) is 58.7. The molecular weight excluding hydrogens is 404 g/mol. The molecular formula is C23H34O8. The third-order valence-electron chi connectivity index (χ3n) is 5.42. The van der Waals surface area contributed by atoms with E-state index in [4.69, 9.17) is 14.6 Å². The Labute approximate surface area is 182 Å². The molecule has 1 aromatic carbocycles. The Morgan fingerprint density at radius 1 is 1.03 bits per heavy atom. The van der Waals surface area contributed by atoms with Gasteiger partial charge in [0.05, 0.1) is 13.2 Å². The van der Waals surface area contributed by atoms with Gasteiger partial charge in [-0.05, 0) is 57.7 Å². The number of aromatic hydroxyl groups is 1. The first-order chi connectivity index (χ1) is 14.7. The van der Waals surface area contributed by atoms with Crippen molar-refractivity contribution in [1.82, 2.24) is 0 Å². The zero-order chi connectivity index (χ0) is 23.1. The van der Waals surface area contributed by atoms with Gasteiger partial charge in [-0.2, -0.15) is 0 Å². The number of aryl methyl sites for hydroxylation is 1. The van der Waals surface area contributed by atoms with Crippen LogP contribution in [0, 0.1) is 6.92 Å². The van der Waals surface area contributed by atoms with Gasteiger partial charge in [0.2, 0.25) is 6.29 Å². The minimum absolute atomic E-state index is 0.0457. The van der Waals surface area contributed by atoms with Crippen LogP contribution >= 0.6 is 0 Å². The van der Waals surface area contributed by atoms with Crippen molar-refractivity contribution in [2.75, 3.05) is 13.2 Å². The summed E-state index contributed by atoms with van der Waals surface area (Å²) in [5.41, 5.74) is 3.27. The van der Waals surface area contributed by atoms with Gasteiger partial charge in [0.25, 0.3) is 0 Å². The number of ether oxygens (including phenoxy) is 2. The number of hydrogen-bond acceptors (Lipinski definition) is 8. The molecule has 1 aliphatic rings. The quantitative estimate of drug-likeness (QED) is 0.315. The molecule has 0 radical (unpaired) electrons. The van der Waals surface area contributed by atoms with E-state index in [2.05, 4.69) is 0 Å². The smallest absolute Gasteiger partial charge is 0.229 e. The maximum Gasteiger partial charge on any atom is 0.229 e. The van der Waals surface area contributed by atoms with Gasteiger partial charge >= 0.3 is 0 Å². The fraction of sp³-hybridized carbons (Fsp3) is 0.565. The van der Waals surface area contributed by atoms with Crippen LogP contribution in [0.5, 0.6) is 11.5 Å². The summed E-state index contributed by atoms with van der Waals surface area (Å²) in [6.07, 6.45) is -0.800. The summed E-state index contributed by atoms with van der Waals surface area (Å²) in [7, 11) is 0. The topological polar surface area (TPSA) is 140 Å². The molecule has 1 aromatic rings. The maximum atomic E-state index is 10.3. The Hall–Kier alpha value is -1.94. The molecule has 0 aliphatic carbocycles. The number of rotatable bonds is 9. The highest BCUT2D eigenvalue weighted by atomic mass is 16.7. The van der Waals surface area contributed by atoms with Gasteiger partial charge in [-0.15, -0.1) is 0 Å². The highest BCUT2D eigenvalue weighted by Crippen LogP contribution is 2.32. The molecule has 5 unspecified atom stereocenters. The number of allylic oxidation sites excluding steroid dienone is 3. The summed E-state index contributed by atoms with van der Waals surface area (Å²) in [5.74, 6) is 0.461. The molecule has 8 heteroatoms. The van der Waals surface area contributed by atoms with Crippen LogP contribution in [0.25, 0.3) is 0 Å². The first kappa shape index (κ1) is 25.3. The molecule has 5 atom stereocenters. The van der Waals surface area contributed by atoms with Crippen LogP contribution in [-0.2, 0) is 11.2 Å². The molecule has 174 valence electrons. The van der Waals surface area contributed by atoms with Crippen LogP contribution in [0.3, 0.4) is 0 Å². The van der Waals surface area contributed by atoms with Crippen molar-refractivity contribution in [3.8, 4) is 11.5 Å². The average Bonchev–Trinajstić information content (AvgIpc) is 2.75. The van der Waals surface area contributed by atoms with E-state index in [0.717, 1.165) is 24.0 Å². The van der Waals surface area contributed by atoms with Gasteiger partial charge < -0.3 is 40.1 Å². The first-order valence-corrected chi connectivity index (χ1v) is 10.4. The van der Waals surface area contributed by atoms with E-state index >= 15 is 0 Å². The molecule has 0 saturated carbocycles. The molecule has 6 N–H and O–H groups in total. The second-order valence-electron chi connectivity index (χ2n) is 8.06. The zero-order valence-corrected chi connectivity index (χ0v) is 18.2. The van der Waals surface area contributed by atoms with Crippen LogP contribution in [0.1, 0.15) is 37.8 Å². The highest BCUT2D eigenvalue weighted by Gasteiger charge is 2.44. The van der Waals surface area contributed by atoms with Crippen LogP contribution in [0.4, 0.5) is 0 Å². The minimum atomic E-state index is -1.53. The van der Waals surface area contributed by atoms with Crippen LogP contribution in [0.2, 0.25) is 0 Å². The van der Waals surface area contributed by atoms with Crippen molar-refractivity contribution >= 4 is 0 Å². The molecule has 1 heterocycles. The third-order valence-corrected chi connectivity index (χ3v) is 5.42. The maximum absolute atomic E-state index is 10.3. The summed E-state index contributed by atoms with van der Waals surface area (Å²) in [4.78, 5) is 0. The van der Waals surface area contributed by atoms with E-state index in [9.17, 15) is 25.5 Å². The Kier molecular flexibility index (Phi) is 9.49. The molecule has 0 aromatic heterocycles. The normalized spacial score (nSPS) is 27.4. The Bertz CT molecular complexity index is 786. The number of benzene rings is 1. The molecule has 1 fully saturated rings. The highest BCUT2D eigenvalue weighted by molar-refractivity contribution is 5.46.